The lowest BCUT2D eigenvalue weighted by Gasteiger charge is -2.14. The van der Waals surface area contributed by atoms with E-state index in [0.29, 0.717) is 12.1 Å². The average molecular weight is 365 g/mol. The number of hydrogen-bond donors (Lipinski definition) is 3. The summed E-state index contributed by atoms with van der Waals surface area (Å²) in [6.07, 6.45) is 0.435. The molecule has 0 spiro atoms. The van der Waals surface area contributed by atoms with Crippen LogP contribution in [0.25, 0.3) is 10.9 Å². The summed E-state index contributed by atoms with van der Waals surface area (Å²) in [6, 6.07) is 14.7. The van der Waals surface area contributed by atoms with Gasteiger partial charge in [-0.2, -0.15) is 0 Å². The summed E-state index contributed by atoms with van der Waals surface area (Å²) in [5, 5.41) is 6.74. The second kappa shape index (κ2) is 7.95. The zero-order valence-electron chi connectivity index (χ0n) is 15.6. The van der Waals surface area contributed by atoms with Gasteiger partial charge in [-0.05, 0) is 42.8 Å². The number of aromatic nitrogens is 1. The first kappa shape index (κ1) is 18.5. The lowest BCUT2D eigenvalue weighted by molar-refractivity contribution is -0.115. The lowest BCUT2D eigenvalue weighted by Crippen LogP contribution is -2.26. The number of methoxy groups -OCH3 is 1. The van der Waals surface area contributed by atoms with Crippen LogP contribution in [0.2, 0.25) is 0 Å². The summed E-state index contributed by atoms with van der Waals surface area (Å²) < 4.78 is 5.21. The number of ether oxygens (including phenoxy) is 1. The van der Waals surface area contributed by atoms with Gasteiger partial charge in [0.25, 0.3) is 5.91 Å². The first-order valence-electron chi connectivity index (χ1n) is 8.87. The third-order valence-electron chi connectivity index (χ3n) is 4.44. The number of hydrogen-bond acceptors (Lipinski definition) is 3. The number of benzene rings is 2. The molecule has 6 heteroatoms. The van der Waals surface area contributed by atoms with Crippen molar-refractivity contribution in [1.82, 2.24) is 10.3 Å². The number of nitrogens with one attached hydrogen (secondary N) is 3. The van der Waals surface area contributed by atoms with Crippen LogP contribution in [0.15, 0.2) is 48.5 Å². The molecule has 3 rings (SSSR count). The molecule has 0 saturated heterocycles. The number of aromatic amines is 1. The Labute approximate surface area is 157 Å². The van der Waals surface area contributed by atoms with E-state index in [9.17, 15) is 9.59 Å². The molecule has 1 atom stereocenters. The van der Waals surface area contributed by atoms with Crippen molar-refractivity contribution in [3.8, 4) is 5.75 Å². The van der Waals surface area contributed by atoms with Gasteiger partial charge in [0.1, 0.15) is 11.4 Å². The standard InChI is InChI=1S/C21H23N3O3/c1-4-20(25)23-16-8-5-14(6-9-16)13(2)22-21(26)19-11-15-7-10-17(27-3)12-18(15)24-19/h5-13,24H,4H2,1-3H3,(H,22,26)(H,23,25). The molecule has 3 N–H and O–H groups in total. The number of H-pyrrole nitrogens is 1. The minimum atomic E-state index is -0.180. The molecule has 0 radical (unpaired) electrons. The van der Waals surface area contributed by atoms with Gasteiger partial charge in [-0.25, -0.2) is 0 Å². The number of anilines is 1. The summed E-state index contributed by atoms with van der Waals surface area (Å²) in [5.41, 5.74) is 3.05. The number of rotatable bonds is 6. The Kier molecular flexibility index (Phi) is 5.45. The third kappa shape index (κ3) is 4.28. The van der Waals surface area contributed by atoms with Crippen LogP contribution in [0.3, 0.4) is 0 Å². The molecule has 0 aliphatic carbocycles. The molecule has 0 aliphatic rings. The molecule has 3 aromatic rings. The van der Waals surface area contributed by atoms with Crippen molar-refractivity contribution < 1.29 is 14.3 Å². The van der Waals surface area contributed by atoms with Crippen molar-refractivity contribution in [1.29, 1.82) is 0 Å². The molecule has 2 aromatic carbocycles. The molecule has 0 saturated carbocycles. The van der Waals surface area contributed by atoms with Gasteiger partial charge in [0.2, 0.25) is 5.91 Å². The fraction of sp³-hybridized carbons (Fsp3) is 0.238. The van der Waals surface area contributed by atoms with Gasteiger partial charge in [0.05, 0.1) is 13.2 Å². The van der Waals surface area contributed by atoms with E-state index in [1.807, 2.05) is 55.5 Å². The fourth-order valence-corrected chi connectivity index (χ4v) is 2.82. The molecule has 0 aliphatic heterocycles. The van der Waals surface area contributed by atoms with Crippen LogP contribution < -0.4 is 15.4 Å². The quantitative estimate of drug-likeness (QED) is 0.617. The highest BCUT2D eigenvalue weighted by molar-refractivity contribution is 5.98. The number of carbonyl (C=O) groups is 2. The van der Waals surface area contributed by atoms with Crippen LogP contribution in [-0.4, -0.2) is 23.9 Å². The maximum Gasteiger partial charge on any atom is 0.268 e. The van der Waals surface area contributed by atoms with E-state index in [1.54, 1.807) is 14.0 Å². The summed E-state index contributed by atoms with van der Waals surface area (Å²) in [4.78, 5) is 27.1. The fourth-order valence-electron chi connectivity index (χ4n) is 2.82. The summed E-state index contributed by atoms with van der Waals surface area (Å²) in [5.74, 6) is 0.528. The molecule has 6 nitrogen and oxygen atoms in total. The van der Waals surface area contributed by atoms with Crippen molar-refractivity contribution in [2.75, 3.05) is 12.4 Å². The zero-order valence-corrected chi connectivity index (χ0v) is 15.6. The van der Waals surface area contributed by atoms with Crippen molar-refractivity contribution in [3.63, 3.8) is 0 Å². The summed E-state index contributed by atoms with van der Waals surface area (Å²) in [6.45, 7) is 3.73. The Balaban J connectivity index is 1.69. The second-order valence-corrected chi connectivity index (χ2v) is 6.36. The van der Waals surface area contributed by atoms with Crippen LogP contribution in [0.1, 0.15) is 42.4 Å². The van der Waals surface area contributed by atoms with Gasteiger partial charge in [0, 0.05) is 29.1 Å². The van der Waals surface area contributed by atoms with Gasteiger partial charge >= 0.3 is 0 Å². The minimum absolute atomic E-state index is 0.0282. The molecular weight excluding hydrogens is 342 g/mol. The van der Waals surface area contributed by atoms with Crippen molar-refractivity contribution in [3.05, 3.63) is 59.8 Å². The number of amides is 2. The van der Waals surface area contributed by atoms with Crippen molar-refractivity contribution in [2.24, 2.45) is 0 Å². The first-order chi connectivity index (χ1) is 13.0. The van der Waals surface area contributed by atoms with Gasteiger partial charge in [0.15, 0.2) is 0 Å². The normalized spacial score (nSPS) is 11.8. The highest BCUT2D eigenvalue weighted by Gasteiger charge is 2.14. The van der Waals surface area contributed by atoms with Crippen LogP contribution in [0, 0.1) is 0 Å². The van der Waals surface area contributed by atoms with Crippen LogP contribution in [0.5, 0.6) is 5.75 Å². The zero-order chi connectivity index (χ0) is 19.4. The van der Waals surface area contributed by atoms with E-state index in [4.69, 9.17) is 4.74 Å². The van der Waals surface area contributed by atoms with Gasteiger partial charge in [-0.1, -0.05) is 19.1 Å². The molecule has 1 heterocycles. The predicted octanol–water partition coefficient (Wildman–Crippen LogP) is 4.02. The van der Waals surface area contributed by atoms with E-state index in [1.165, 1.54) is 0 Å². The molecule has 140 valence electrons. The Hall–Kier alpha value is -3.28. The van der Waals surface area contributed by atoms with E-state index in [0.717, 1.165) is 27.9 Å². The third-order valence-corrected chi connectivity index (χ3v) is 4.44. The SMILES string of the molecule is CCC(=O)Nc1ccc(C(C)NC(=O)c2cc3ccc(OC)cc3[nH]2)cc1. The predicted molar refractivity (Wildman–Crippen MR) is 106 cm³/mol. The molecule has 1 unspecified atom stereocenters. The Morgan fingerprint density at radius 2 is 1.85 bits per heavy atom. The smallest absolute Gasteiger partial charge is 0.268 e. The van der Waals surface area contributed by atoms with E-state index in [2.05, 4.69) is 15.6 Å². The molecular formula is C21H23N3O3. The molecule has 0 bridgehead atoms. The summed E-state index contributed by atoms with van der Waals surface area (Å²) >= 11 is 0. The van der Waals surface area contributed by atoms with Crippen LogP contribution in [0.4, 0.5) is 5.69 Å². The van der Waals surface area contributed by atoms with Gasteiger partial charge in [-0.3, -0.25) is 9.59 Å². The van der Waals surface area contributed by atoms with E-state index >= 15 is 0 Å². The maximum atomic E-state index is 12.6. The maximum absolute atomic E-state index is 12.6. The first-order valence-corrected chi connectivity index (χ1v) is 8.87. The Bertz CT molecular complexity index is 960. The Morgan fingerprint density at radius 3 is 2.52 bits per heavy atom. The highest BCUT2D eigenvalue weighted by atomic mass is 16.5. The second-order valence-electron chi connectivity index (χ2n) is 6.36. The number of carbonyl (C=O) groups excluding carboxylic acids is 2. The molecule has 27 heavy (non-hydrogen) atoms. The monoisotopic (exact) mass is 365 g/mol. The van der Waals surface area contributed by atoms with Gasteiger partial charge in [-0.15, -0.1) is 0 Å². The number of fused-ring (bicyclic) bond motifs is 1. The van der Waals surface area contributed by atoms with E-state index < -0.39 is 0 Å². The van der Waals surface area contributed by atoms with E-state index in [-0.39, 0.29) is 17.9 Å². The Morgan fingerprint density at radius 1 is 1.11 bits per heavy atom. The minimum Gasteiger partial charge on any atom is -0.497 e. The topological polar surface area (TPSA) is 83.2 Å². The molecule has 1 aromatic heterocycles. The summed E-state index contributed by atoms with van der Waals surface area (Å²) in [7, 11) is 1.61. The molecule has 2 amide bonds. The lowest BCUT2D eigenvalue weighted by atomic mass is 10.1. The molecule has 0 fully saturated rings. The average Bonchev–Trinajstić information content (AvgIpc) is 3.11. The van der Waals surface area contributed by atoms with Gasteiger partial charge < -0.3 is 20.4 Å². The van der Waals surface area contributed by atoms with Crippen LogP contribution in [-0.2, 0) is 4.79 Å². The van der Waals surface area contributed by atoms with Crippen molar-refractivity contribution in [2.45, 2.75) is 26.3 Å². The highest BCUT2D eigenvalue weighted by Crippen LogP contribution is 2.22. The largest absolute Gasteiger partial charge is 0.497 e. The van der Waals surface area contributed by atoms with Crippen molar-refractivity contribution >= 4 is 28.4 Å². The van der Waals surface area contributed by atoms with Crippen LogP contribution >= 0.6 is 0 Å².